The fourth-order valence-corrected chi connectivity index (χ4v) is 3.39. The zero-order valence-electron chi connectivity index (χ0n) is 11.5. The fourth-order valence-electron chi connectivity index (χ4n) is 3.39. The fraction of sp³-hybridized carbons (Fsp3) is 1.00. The minimum Gasteiger partial charge on any atom is -0.298 e. The molecule has 0 bridgehead atoms. The summed E-state index contributed by atoms with van der Waals surface area (Å²) in [5.74, 6) is 0. The molecule has 2 nitrogen and oxygen atoms in total. The number of likely N-dealkylation sites (tertiary alicyclic amines) is 2. The van der Waals surface area contributed by atoms with E-state index in [1.165, 1.54) is 45.3 Å². The van der Waals surface area contributed by atoms with Crippen LogP contribution >= 0.6 is 0 Å². The standard InChI is InChI=1S/C14H28N2/c1-12(2)16-10-7-13(16)11-14(3,4)15-8-5-6-9-15/h12-13H,5-11H2,1-4H3. The van der Waals surface area contributed by atoms with E-state index >= 15 is 0 Å². The predicted octanol–water partition coefficient (Wildman–Crippen LogP) is 2.73. The monoisotopic (exact) mass is 224 g/mol. The summed E-state index contributed by atoms with van der Waals surface area (Å²) in [6.07, 6.45) is 5.57. The van der Waals surface area contributed by atoms with Gasteiger partial charge in [0.25, 0.3) is 0 Å². The first-order valence-corrected chi connectivity index (χ1v) is 7.01. The van der Waals surface area contributed by atoms with Gasteiger partial charge in [-0.15, -0.1) is 0 Å². The zero-order chi connectivity index (χ0) is 11.8. The van der Waals surface area contributed by atoms with E-state index in [1.807, 2.05) is 0 Å². The third kappa shape index (κ3) is 2.43. The van der Waals surface area contributed by atoms with Gasteiger partial charge >= 0.3 is 0 Å². The molecule has 0 aromatic heterocycles. The Morgan fingerprint density at radius 2 is 1.75 bits per heavy atom. The molecule has 0 aliphatic carbocycles. The summed E-state index contributed by atoms with van der Waals surface area (Å²) < 4.78 is 0. The Morgan fingerprint density at radius 3 is 2.19 bits per heavy atom. The second-order valence-corrected chi connectivity index (χ2v) is 6.48. The molecule has 0 amide bonds. The van der Waals surface area contributed by atoms with E-state index in [0.717, 1.165) is 12.1 Å². The summed E-state index contributed by atoms with van der Waals surface area (Å²) in [6.45, 7) is 13.5. The normalized spacial score (nSPS) is 28.7. The summed E-state index contributed by atoms with van der Waals surface area (Å²) in [7, 11) is 0. The molecule has 0 radical (unpaired) electrons. The van der Waals surface area contributed by atoms with Crippen LogP contribution in [0.2, 0.25) is 0 Å². The summed E-state index contributed by atoms with van der Waals surface area (Å²) in [6, 6.07) is 1.57. The molecule has 1 unspecified atom stereocenters. The third-order valence-corrected chi connectivity index (χ3v) is 4.55. The van der Waals surface area contributed by atoms with Crippen LogP contribution in [-0.4, -0.2) is 47.1 Å². The highest BCUT2D eigenvalue weighted by molar-refractivity contribution is 4.94. The highest BCUT2D eigenvalue weighted by Crippen LogP contribution is 2.32. The second-order valence-electron chi connectivity index (χ2n) is 6.48. The van der Waals surface area contributed by atoms with E-state index in [0.29, 0.717) is 5.54 Å². The lowest BCUT2D eigenvalue weighted by Crippen LogP contribution is -2.56. The Kier molecular flexibility index (Phi) is 3.60. The SMILES string of the molecule is CC(C)N1CCC1CC(C)(C)N1CCCC1. The van der Waals surface area contributed by atoms with Crippen molar-refractivity contribution in [3.8, 4) is 0 Å². The van der Waals surface area contributed by atoms with Gasteiger partial charge in [0.05, 0.1) is 0 Å². The van der Waals surface area contributed by atoms with Crippen molar-refractivity contribution in [2.75, 3.05) is 19.6 Å². The molecule has 2 heterocycles. The highest BCUT2D eigenvalue weighted by atomic mass is 15.3. The smallest absolute Gasteiger partial charge is 0.0168 e. The van der Waals surface area contributed by atoms with E-state index < -0.39 is 0 Å². The maximum Gasteiger partial charge on any atom is 0.0168 e. The predicted molar refractivity (Wildman–Crippen MR) is 69.8 cm³/mol. The Morgan fingerprint density at radius 1 is 1.12 bits per heavy atom. The minimum absolute atomic E-state index is 0.411. The van der Waals surface area contributed by atoms with E-state index in [9.17, 15) is 0 Å². The van der Waals surface area contributed by atoms with Gasteiger partial charge in [-0.1, -0.05) is 0 Å². The molecule has 0 N–H and O–H groups in total. The molecular formula is C14H28N2. The van der Waals surface area contributed by atoms with Crippen molar-refractivity contribution in [1.82, 2.24) is 9.80 Å². The van der Waals surface area contributed by atoms with Crippen LogP contribution in [0, 0.1) is 0 Å². The first-order valence-electron chi connectivity index (χ1n) is 7.01. The topological polar surface area (TPSA) is 6.48 Å². The number of hydrogen-bond acceptors (Lipinski definition) is 2. The highest BCUT2D eigenvalue weighted by Gasteiger charge is 2.37. The van der Waals surface area contributed by atoms with Gasteiger partial charge in [0, 0.05) is 24.2 Å². The molecule has 2 saturated heterocycles. The van der Waals surface area contributed by atoms with Gasteiger partial charge in [-0.3, -0.25) is 9.80 Å². The molecular weight excluding hydrogens is 196 g/mol. The van der Waals surface area contributed by atoms with Gasteiger partial charge in [0.2, 0.25) is 0 Å². The van der Waals surface area contributed by atoms with Gasteiger partial charge in [-0.05, 0) is 66.5 Å². The molecule has 94 valence electrons. The first-order chi connectivity index (χ1) is 7.50. The Bertz CT molecular complexity index is 229. The van der Waals surface area contributed by atoms with Crippen molar-refractivity contribution in [1.29, 1.82) is 0 Å². The Labute approximate surface area is 101 Å². The summed E-state index contributed by atoms with van der Waals surface area (Å²) in [4.78, 5) is 5.36. The van der Waals surface area contributed by atoms with Crippen molar-refractivity contribution < 1.29 is 0 Å². The lowest BCUT2D eigenvalue weighted by molar-refractivity contribution is 0.00999. The number of rotatable bonds is 4. The van der Waals surface area contributed by atoms with Crippen molar-refractivity contribution in [3.05, 3.63) is 0 Å². The van der Waals surface area contributed by atoms with Crippen LogP contribution in [0.15, 0.2) is 0 Å². The lowest BCUT2D eigenvalue weighted by atomic mass is 9.86. The van der Waals surface area contributed by atoms with Crippen LogP contribution in [0.3, 0.4) is 0 Å². The van der Waals surface area contributed by atoms with E-state index in [4.69, 9.17) is 0 Å². The van der Waals surface area contributed by atoms with Crippen molar-refractivity contribution >= 4 is 0 Å². The zero-order valence-corrected chi connectivity index (χ0v) is 11.5. The van der Waals surface area contributed by atoms with Crippen molar-refractivity contribution in [3.63, 3.8) is 0 Å². The average molecular weight is 224 g/mol. The molecule has 16 heavy (non-hydrogen) atoms. The van der Waals surface area contributed by atoms with Crippen molar-refractivity contribution in [2.24, 2.45) is 0 Å². The molecule has 2 rings (SSSR count). The average Bonchev–Trinajstić information content (AvgIpc) is 2.64. The van der Waals surface area contributed by atoms with Gasteiger partial charge in [-0.25, -0.2) is 0 Å². The molecule has 0 saturated carbocycles. The first kappa shape index (κ1) is 12.4. The van der Waals surface area contributed by atoms with E-state index in [1.54, 1.807) is 0 Å². The van der Waals surface area contributed by atoms with Crippen molar-refractivity contribution in [2.45, 2.75) is 71.0 Å². The Balaban J connectivity index is 1.88. The minimum atomic E-state index is 0.411. The molecule has 0 aromatic carbocycles. The van der Waals surface area contributed by atoms with Gasteiger partial charge < -0.3 is 0 Å². The Hall–Kier alpha value is -0.0800. The van der Waals surface area contributed by atoms with Crippen LogP contribution < -0.4 is 0 Å². The quantitative estimate of drug-likeness (QED) is 0.724. The molecule has 0 spiro atoms. The summed E-state index contributed by atoms with van der Waals surface area (Å²) in [5.41, 5.74) is 0.411. The van der Waals surface area contributed by atoms with Crippen LogP contribution in [0.1, 0.15) is 53.4 Å². The molecule has 2 aliphatic heterocycles. The van der Waals surface area contributed by atoms with Gasteiger partial charge in [0.1, 0.15) is 0 Å². The number of hydrogen-bond donors (Lipinski definition) is 0. The molecule has 2 heteroatoms. The molecule has 2 aliphatic rings. The van der Waals surface area contributed by atoms with Gasteiger partial charge in [-0.2, -0.15) is 0 Å². The largest absolute Gasteiger partial charge is 0.298 e. The van der Waals surface area contributed by atoms with Crippen LogP contribution in [0.5, 0.6) is 0 Å². The van der Waals surface area contributed by atoms with E-state index in [2.05, 4.69) is 37.5 Å². The molecule has 2 fully saturated rings. The molecule has 0 aromatic rings. The summed E-state index contributed by atoms with van der Waals surface area (Å²) in [5, 5.41) is 0. The summed E-state index contributed by atoms with van der Waals surface area (Å²) >= 11 is 0. The van der Waals surface area contributed by atoms with Crippen LogP contribution in [0.25, 0.3) is 0 Å². The maximum absolute atomic E-state index is 2.70. The van der Waals surface area contributed by atoms with Crippen LogP contribution in [0.4, 0.5) is 0 Å². The van der Waals surface area contributed by atoms with Crippen LogP contribution in [-0.2, 0) is 0 Å². The third-order valence-electron chi connectivity index (χ3n) is 4.55. The number of nitrogens with zero attached hydrogens (tertiary/aromatic N) is 2. The van der Waals surface area contributed by atoms with E-state index in [-0.39, 0.29) is 0 Å². The van der Waals surface area contributed by atoms with Gasteiger partial charge in [0.15, 0.2) is 0 Å². The lowest BCUT2D eigenvalue weighted by Gasteiger charge is -2.49. The maximum atomic E-state index is 2.70. The molecule has 1 atom stereocenters. The second kappa shape index (κ2) is 4.66.